The van der Waals surface area contributed by atoms with Crippen molar-refractivity contribution in [2.45, 2.75) is 25.7 Å². The summed E-state index contributed by atoms with van der Waals surface area (Å²) in [4.78, 5) is 10.6. The zero-order valence-corrected chi connectivity index (χ0v) is 7.12. The molecule has 12 heavy (non-hydrogen) atoms. The van der Waals surface area contributed by atoms with Crippen molar-refractivity contribution in [3.8, 4) is 0 Å². The highest BCUT2D eigenvalue weighted by molar-refractivity contribution is 5.67. The molecular formula is C9H15NO2. The van der Waals surface area contributed by atoms with Gasteiger partial charge in [-0.2, -0.15) is 0 Å². The molecule has 2 aliphatic carbocycles. The Morgan fingerprint density at radius 2 is 2.08 bits per heavy atom. The van der Waals surface area contributed by atoms with E-state index in [-0.39, 0.29) is 11.8 Å². The van der Waals surface area contributed by atoms with Crippen molar-refractivity contribution in [3.63, 3.8) is 0 Å². The molecule has 3 nitrogen and oxygen atoms in total. The molecule has 0 heterocycles. The van der Waals surface area contributed by atoms with E-state index in [1.54, 1.807) is 0 Å². The molecule has 3 atom stereocenters. The highest BCUT2D eigenvalue weighted by Crippen LogP contribution is 2.60. The lowest BCUT2D eigenvalue weighted by atomic mass is 9.80. The Hall–Kier alpha value is -0.570. The zero-order valence-electron chi connectivity index (χ0n) is 7.12. The van der Waals surface area contributed by atoms with E-state index in [4.69, 9.17) is 10.8 Å². The summed E-state index contributed by atoms with van der Waals surface area (Å²) in [5.41, 5.74) is 5.59. The average molecular weight is 169 g/mol. The molecule has 0 radical (unpaired) electrons. The van der Waals surface area contributed by atoms with Crippen LogP contribution in [-0.4, -0.2) is 17.6 Å². The summed E-state index contributed by atoms with van der Waals surface area (Å²) in [6.45, 7) is 0.548. The monoisotopic (exact) mass is 169 g/mol. The summed E-state index contributed by atoms with van der Waals surface area (Å²) >= 11 is 0. The maximum absolute atomic E-state index is 10.6. The SMILES string of the molecule is NCC1(CC(=O)O)C[C@H]2C[C@H]2C1. The van der Waals surface area contributed by atoms with Crippen molar-refractivity contribution in [1.29, 1.82) is 0 Å². The highest BCUT2D eigenvalue weighted by Gasteiger charge is 2.53. The number of carboxylic acid groups (broad SMARTS) is 1. The molecule has 2 rings (SSSR count). The molecule has 0 bridgehead atoms. The van der Waals surface area contributed by atoms with E-state index in [0.29, 0.717) is 6.54 Å². The van der Waals surface area contributed by atoms with Gasteiger partial charge in [-0.3, -0.25) is 4.79 Å². The van der Waals surface area contributed by atoms with Crippen molar-refractivity contribution < 1.29 is 9.90 Å². The van der Waals surface area contributed by atoms with Gasteiger partial charge < -0.3 is 10.8 Å². The van der Waals surface area contributed by atoms with Gasteiger partial charge in [0.05, 0.1) is 6.42 Å². The number of fused-ring (bicyclic) bond motifs is 1. The van der Waals surface area contributed by atoms with Crippen LogP contribution in [0.4, 0.5) is 0 Å². The van der Waals surface area contributed by atoms with Gasteiger partial charge >= 0.3 is 5.97 Å². The molecule has 2 saturated carbocycles. The fraction of sp³-hybridized carbons (Fsp3) is 0.889. The molecule has 2 aliphatic rings. The molecule has 0 aromatic rings. The molecule has 68 valence electrons. The first-order valence-corrected chi connectivity index (χ1v) is 4.57. The van der Waals surface area contributed by atoms with Gasteiger partial charge in [0, 0.05) is 0 Å². The molecular weight excluding hydrogens is 154 g/mol. The van der Waals surface area contributed by atoms with Gasteiger partial charge in [0.25, 0.3) is 0 Å². The Labute approximate surface area is 71.9 Å². The molecule has 3 heteroatoms. The molecule has 0 spiro atoms. The van der Waals surface area contributed by atoms with Gasteiger partial charge in [0.1, 0.15) is 0 Å². The van der Waals surface area contributed by atoms with Crippen LogP contribution in [0, 0.1) is 17.3 Å². The van der Waals surface area contributed by atoms with Crippen molar-refractivity contribution in [2.75, 3.05) is 6.54 Å². The lowest BCUT2D eigenvalue weighted by molar-refractivity contribution is -0.139. The van der Waals surface area contributed by atoms with Crippen LogP contribution >= 0.6 is 0 Å². The van der Waals surface area contributed by atoms with Crippen LogP contribution in [-0.2, 0) is 4.79 Å². The molecule has 0 aromatic carbocycles. The lowest BCUT2D eigenvalue weighted by Gasteiger charge is -2.26. The van der Waals surface area contributed by atoms with Crippen molar-refractivity contribution in [1.82, 2.24) is 0 Å². The van der Waals surface area contributed by atoms with E-state index >= 15 is 0 Å². The fourth-order valence-electron chi connectivity index (χ4n) is 2.71. The van der Waals surface area contributed by atoms with Crippen LogP contribution in [0.2, 0.25) is 0 Å². The number of hydrogen-bond acceptors (Lipinski definition) is 2. The predicted octanol–water partition coefficient (Wildman–Crippen LogP) is 0.836. The minimum atomic E-state index is -0.693. The Kier molecular flexibility index (Phi) is 1.65. The van der Waals surface area contributed by atoms with Crippen LogP contribution in [0.5, 0.6) is 0 Å². The summed E-state index contributed by atoms with van der Waals surface area (Å²) < 4.78 is 0. The van der Waals surface area contributed by atoms with Crippen molar-refractivity contribution in [3.05, 3.63) is 0 Å². The number of carboxylic acids is 1. The fourth-order valence-corrected chi connectivity index (χ4v) is 2.71. The summed E-state index contributed by atoms with van der Waals surface area (Å²) in [5, 5.41) is 8.72. The Bertz CT molecular complexity index is 205. The van der Waals surface area contributed by atoms with Gasteiger partial charge in [0.15, 0.2) is 0 Å². The van der Waals surface area contributed by atoms with Gasteiger partial charge in [0.2, 0.25) is 0 Å². The maximum atomic E-state index is 10.6. The van der Waals surface area contributed by atoms with Crippen LogP contribution in [0.15, 0.2) is 0 Å². The smallest absolute Gasteiger partial charge is 0.303 e. The average Bonchev–Trinajstić information content (AvgIpc) is 2.59. The molecule has 0 amide bonds. The summed E-state index contributed by atoms with van der Waals surface area (Å²) in [7, 11) is 0. The Morgan fingerprint density at radius 1 is 1.50 bits per heavy atom. The maximum Gasteiger partial charge on any atom is 0.303 e. The third kappa shape index (κ3) is 1.22. The molecule has 1 unspecified atom stereocenters. The minimum Gasteiger partial charge on any atom is -0.481 e. The second kappa shape index (κ2) is 2.46. The van der Waals surface area contributed by atoms with Crippen LogP contribution in [0.3, 0.4) is 0 Å². The number of hydrogen-bond donors (Lipinski definition) is 2. The number of aliphatic carboxylic acids is 1. The molecule has 0 aliphatic heterocycles. The molecule has 3 N–H and O–H groups in total. The number of nitrogens with two attached hydrogens (primary N) is 1. The van der Waals surface area contributed by atoms with Gasteiger partial charge in [-0.1, -0.05) is 0 Å². The number of rotatable bonds is 3. The van der Waals surface area contributed by atoms with Gasteiger partial charge in [-0.15, -0.1) is 0 Å². The first-order valence-electron chi connectivity index (χ1n) is 4.57. The third-order valence-corrected chi connectivity index (χ3v) is 3.42. The van der Waals surface area contributed by atoms with E-state index in [0.717, 1.165) is 24.7 Å². The summed E-state index contributed by atoms with van der Waals surface area (Å²) in [5.74, 6) is 0.933. The molecule has 0 aromatic heterocycles. The zero-order chi connectivity index (χ0) is 8.77. The Balaban J connectivity index is 2.00. The van der Waals surface area contributed by atoms with Crippen molar-refractivity contribution >= 4 is 5.97 Å². The Morgan fingerprint density at radius 3 is 2.50 bits per heavy atom. The van der Waals surface area contributed by atoms with Crippen molar-refractivity contribution in [2.24, 2.45) is 23.0 Å². The van der Waals surface area contributed by atoms with Gasteiger partial charge in [-0.05, 0) is 43.1 Å². The molecule has 2 fully saturated rings. The highest BCUT2D eigenvalue weighted by atomic mass is 16.4. The summed E-state index contributed by atoms with van der Waals surface area (Å²) in [6.07, 6.45) is 3.71. The van der Waals surface area contributed by atoms with Crippen LogP contribution in [0.25, 0.3) is 0 Å². The number of carbonyl (C=O) groups is 1. The second-order valence-corrected chi connectivity index (χ2v) is 4.44. The topological polar surface area (TPSA) is 63.3 Å². The predicted molar refractivity (Wildman–Crippen MR) is 44.6 cm³/mol. The molecule has 0 saturated heterocycles. The van der Waals surface area contributed by atoms with E-state index in [2.05, 4.69) is 0 Å². The third-order valence-electron chi connectivity index (χ3n) is 3.42. The quantitative estimate of drug-likeness (QED) is 0.658. The largest absolute Gasteiger partial charge is 0.481 e. The second-order valence-electron chi connectivity index (χ2n) is 4.44. The van der Waals surface area contributed by atoms with E-state index in [9.17, 15) is 4.79 Å². The van der Waals surface area contributed by atoms with E-state index in [1.807, 2.05) is 0 Å². The normalized spacial score (nSPS) is 44.1. The first kappa shape index (κ1) is 8.05. The minimum absolute atomic E-state index is 0.0422. The van der Waals surface area contributed by atoms with E-state index in [1.165, 1.54) is 6.42 Å². The van der Waals surface area contributed by atoms with E-state index < -0.39 is 5.97 Å². The first-order chi connectivity index (χ1) is 5.65. The van der Waals surface area contributed by atoms with Crippen LogP contribution < -0.4 is 5.73 Å². The standard InChI is InChI=1S/C9H15NO2/c10-5-9(4-8(11)12)2-6-1-7(6)3-9/h6-7H,1-5,10H2,(H,11,12)/t6-,7+,9?. The van der Waals surface area contributed by atoms with Crippen LogP contribution in [0.1, 0.15) is 25.7 Å². The van der Waals surface area contributed by atoms with Gasteiger partial charge in [-0.25, -0.2) is 0 Å². The lowest BCUT2D eigenvalue weighted by Crippen LogP contribution is -2.31. The summed E-state index contributed by atoms with van der Waals surface area (Å²) in [6, 6.07) is 0.